The zero-order valence-corrected chi connectivity index (χ0v) is 12.0. The number of esters is 1. The molecule has 3 N–H and O–H groups in total. The van der Waals surface area contributed by atoms with Crippen LogP contribution in [0.3, 0.4) is 0 Å². The summed E-state index contributed by atoms with van der Waals surface area (Å²) in [5, 5.41) is 9.33. The Morgan fingerprint density at radius 3 is 1.95 bits per heavy atom. The highest BCUT2D eigenvalue weighted by atomic mass is 19.4. The van der Waals surface area contributed by atoms with Crippen LogP contribution in [0.4, 0.5) is 13.2 Å². The number of halogens is 3. The Hall–Kier alpha value is -0.820. The van der Waals surface area contributed by atoms with Gasteiger partial charge in [-0.05, 0) is 31.1 Å². The Kier molecular flexibility index (Phi) is 4.76. The van der Waals surface area contributed by atoms with Crippen molar-refractivity contribution in [3.05, 3.63) is 0 Å². The predicted octanol–water partition coefficient (Wildman–Crippen LogP) is 2.14. The molecular formula is C13H22F3NO3. The summed E-state index contributed by atoms with van der Waals surface area (Å²) in [7, 11) is 0. The first-order chi connectivity index (χ1) is 8.89. The number of hydrogen-bond donors (Lipinski definition) is 2. The number of alkyl halides is 3. The van der Waals surface area contributed by atoms with Crippen molar-refractivity contribution >= 4 is 5.97 Å². The fourth-order valence-electron chi connectivity index (χ4n) is 2.25. The molecule has 1 rings (SSSR count). The summed E-state index contributed by atoms with van der Waals surface area (Å²) in [4.78, 5) is 12.0. The molecule has 1 saturated carbocycles. The Morgan fingerprint density at radius 2 is 1.60 bits per heavy atom. The minimum Gasteiger partial charge on any atom is -0.461 e. The smallest absolute Gasteiger partial charge is 0.417 e. The molecule has 0 heterocycles. The molecule has 1 fully saturated rings. The van der Waals surface area contributed by atoms with Gasteiger partial charge in [-0.15, -0.1) is 0 Å². The van der Waals surface area contributed by atoms with Gasteiger partial charge in [0.15, 0.2) is 0 Å². The maximum Gasteiger partial charge on any atom is 0.417 e. The van der Waals surface area contributed by atoms with E-state index >= 15 is 0 Å². The molecule has 1 aliphatic carbocycles. The zero-order chi connectivity index (χ0) is 15.8. The average molecular weight is 297 g/mol. The van der Waals surface area contributed by atoms with Gasteiger partial charge in [-0.1, -0.05) is 20.8 Å². The number of rotatable bonds is 2. The molecule has 0 bridgehead atoms. The SMILES string of the molecule is CC(C)(C)C(N)(C(=O)OC1CCC(O)CC1)C(F)(F)F. The minimum absolute atomic E-state index is 0.352. The number of hydrogen-bond acceptors (Lipinski definition) is 4. The van der Waals surface area contributed by atoms with Gasteiger partial charge in [0.25, 0.3) is 0 Å². The summed E-state index contributed by atoms with van der Waals surface area (Å²) in [5.41, 5.74) is 0.828. The van der Waals surface area contributed by atoms with Gasteiger partial charge in [0.2, 0.25) is 5.54 Å². The Balaban J connectivity index is 2.86. The highest BCUT2D eigenvalue weighted by Crippen LogP contribution is 2.43. The molecule has 1 atom stereocenters. The molecule has 1 unspecified atom stereocenters. The molecule has 118 valence electrons. The van der Waals surface area contributed by atoms with Gasteiger partial charge in [-0.3, -0.25) is 0 Å². The van der Waals surface area contributed by atoms with Crippen LogP contribution >= 0.6 is 0 Å². The quantitative estimate of drug-likeness (QED) is 0.766. The Morgan fingerprint density at radius 1 is 1.15 bits per heavy atom. The van der Waals surface area contributed by atoms with Gasteiger partial charge in [0, 0.05) is 0 Å². The molecule has 0 radical (unpaired) electrons. The lowest BCUT2D eigenvalue weighted by molar-refractivity contribution is -0.229. The highest BCUT2D eigenvalue weighted by Gasteiger charge is 2.65. The fraction of sp³-hybridized carbons (Fsp3) is 0.923. The molecule has 0 aromatic heterocycles. The topological polar surface area (TPSA) is 72.6 Å². The van der Waals surface area contributed by atoms with Crippen molar-refractivity contribution in [2.24, 2.45) is 11.1 Å². The maximum absolute atomic E-state index is 13.2. The first-order valence-electron chi connectivity index (χ1n) is 6.64. The molecule has 0 aromatic carbocycles. The van der Waals surface area contributed by atoms with Crippen LogP contribution in [0.2, 0.25) is 0 Å². The highest BCUT2D eigenvalue weighted by molar-refractivity contribution is 5.83. The van der Waals surface area contributed by atoms with Crippen LogP contribution in [-0.4, -0.2) is 35.0 Å². The summed E-state index contributed by atoms with van der Waals surface area (Å²) >= 11 is 0. The van der Waals surface area contributed by atoms with Crippen LogP contribution in [0.25, 0.3) is 0 Å². The second-order valence-electron chi connectivity index (χ2n) is 6.39. The van der Waals surface area contributed by atoms with Crippen molar-refractivity contribution in [2.45, 2.75) is 70.4 Å². The van der Waals surface area contributed by atoms with Gasteiger partial charge in [0.1, 0.15) is 6.10 Å². The van der Waals surface area contributed by atoms with Gasteiger partial charge in [-0.2, -0.15) is 13.2 Å². The molecule has 0 spiro atoms. The van der Waals surface area contributed by atoms with E-state index in [4.69, 9.17) is 10.5 Å². The predicted molar refractivity (Wildman–Crippen MR) is 66.8 cm³/mol. The standard InChI is InChI=1S/C13H22F3NO3/c1-11(2,3)12(17,13(14,15)16)10(19)20-9-6-4-8(18)5-7-9/h8-9,18H,4-7,17H2,1-3H3. The lowest BCUT2D eigenvalue weighted by Gasteiger charge is -2.41. The van der Waals surface area contributed by atoms with Gasteiger partial charge < -0.3 is 15.6 Å². The number of aliphatic hydroxyl groups is 1. The van der Waals surface area contributed by atoms with Crippen molar-refractivity contribution in [2.75, 3.05) is 0 Å². The van der Waals surface area contributed by atoms with Crippen molar-refractivity contribution in [1.29, 1.82) is 0 Å². The van der Waals surface area contributed by atoms with Gasteiger partial charge in [-0.25, -0.2) is 4.79 Å². The van der Waals surface area contributed by atoms with Gasteiger partial charge >= 0.3 is 12.1 Å². The number of carbonyl (C=O) groups is 1. The monoisotopic (exact) mass is 297 g/mol. The third kappa shape index (κ3) is 3.25. The van der Waals surface area contributed by atoms with E-state index in [1.54, 1.807) is 0 Å². The van der Waals surface area contributed by atoms with E-state index in [1.165, 1.54) is 20.8 Å². The number of ether oxygens (including phenoxy) is 1. The average Bonchev–Trinajstić information content (AvgIpc) is 2.28. The lowest BCUT2D eigenvalue weighted by Crippen LogP contribution is -2.68. The van der Waals surface area contributed by atoms with Gasteiger partial charge in [0.05, 0.1) is 6.10 Å². The first kappa shape index (κ1) is 17.2. The van der Waals surface area contributed by atoms with E-state index in [0.29, 0.717) is 25.7 Å². The van der Waals surface area contributed by atoms with E-state index in [2.05, 4.69) is 0 Å². The largest absolute Gasteiger partial charge is 0.461 e. The maximum atomic E-state index is 13.2. The van der Waals surface area contributed by atoms with Crippen LogP contribution in [0.5, 0.6) is 0 Å². The second kappa shape index (κ2) is 5.52. The summed E-state index contributed by atoms with van der Waals surface area (Å²) < 4.78 is 44.6. The van der Waals surface area contributed by atoms with Crippen molar-refractivity contribution < 1.29 is 27.8 Å². The summed E-state index contributed by atoms with van der Waals surface area (Å²) in [6.07, 6.45) is -4.45. The van der Waals surface area contributed by atoms with E-state index in [0.717, 1.165) is 0 Å². The fourth-order valence-corrected chi connectivity index (χ4v) is 2.25. The van der Waals surface area contributed by atoms with Crippen molar-refractivity contribution in [3.63, 3.8) is 0 Å². The van der Waals surface area contributed by atoms with Crippen molar-refractivity contribution in [3.8, 4) is 0 Å². The molecule has 7 heteroatoms. The van der Waals surface area contributed by atoms with Crippen LogP contribution in [-0.2, 0) is 9.53 Å². The van der Waals surface area contributed by atoms with Crippen LogP contribution in [0.1, 0.15) is 46.5 Å². The summed E-state index contributed by atoms with van der Waals surface area (Å²) in [5.74, 6) is -1.45. The van der Waals surface area contributed by atoms with Crippen LogP contribution < -0.4 is 5.73 Å². The molecule has 0 saturated heterocycles. The van der Waals surface area contributed by atoms with E-state index < -0.39 is 35.3 Å². The number of aliphatic hydroxyl groups excluding tert-OH is 1. The first-order valence-corrected chi connectivity index (χ1v) is 6.64. The molecule has 4 nitrogen and oxygen atoms in total. The van der Waals surface area contributed by atoms with Crippen LogP contribution in [0.15, 0.2) is 0 Å². The normalized spacial score (nSPS) is 27.8. The second-order valence-corrected chi connectivity index (χ2v) is 6.39. The summed E-state index contributed by atoms with van der Waals surface area (Å²) in [6.45, 7) is 3.77. The Bertz CT molecular complexity index is 341. The zero-order valence-electron chi connectivity index (χ0n) is 12.0. The molecular weight excluding hydrogens is 275 g/mol. The molecule has 1 aliphatic rings. The third-order valence-electron chi connectivity index (χ3n) is 3.87. The minimum atomic E-state index is -4.89. The third-order valence-corrected chi connectivity index (χ3v) is 3.87. The molecule has 0 aliphatic heterocycles. The number of carbonyl (C=O) groups excluding carboxylic acids is 1. The van der Waals surface area contributed by atoms with E-state index in [1.807, 2.05) is 0 Å². The van der Waals surface area contributed by atoms with E-state index in [9.17, 15) is 23.1 Å². The Labute approximate surface area is 116 Å². The van der Waals surface area contributed by atoms with Crippen molar-refractivity contribution in [1.82, 2.24) is 0 Å². The molecule has 0 amide bonds. The number of nitrogens with two attached hydrogens (primary N) is 1. The molecule has 0 aromatic rings. The van der Waals surface area contributed by atoms with Crippen LogP contribution in [0, 0.1) is 5.41 Å². The summed E-state index contributed by atoms with van der Waals surface area (Å²) in [6, 6.07) is 0. The van der Waals surface area contributed by atoms with E-state index in [-0.39, 0.29) is 0 Å². The molecule has 20 heavy (non-hydrogen) atoms. The lowest BCUT2D eigenvalue weighted by atomic mass is 9.73.